The number of hydrogen-bond donors (Lipinski definition) is 2. The van der Waals surface area contributed by atoms with Crippen molar-refractivity contribution < 1.29 is 9.59 Å². The molecule has 2 heterocycles. The number of carbonyl (C=O) groups is 2. The number of likely N-dealkylation sites (tertiary alicyclic amines) is 1. The summed E-state index contributed by atoms with van der Waals surface area (Å²) < 4.78 is 0. The minimum absolute atomic E-state index is 0. The van der Waals surface area contributed by atoms with Crippen molar-refractivity contribution in [3.63, 3.8) is 0 Å². The summed E-state index contributed by atoms with van der Waals surface area (Å²) in [7, 11) is 0. The first-order valence-electron chi connectivity index (χ1n) is 8.46. The highest BCUT2D eigenvalue weighted by Gasteiger charge is 2.32. The van der Waals surface area contributed by atoms with Crippen LogP contribution in [-0.4, -0.2) is 35.8 Å². The molecule has 1 saturated heterocycles. The molecule has 0 aromatic heterocycles. The van der Waals surface area contributed by atoms with Gasteiger partial charge in [-0.05, 0) is 50.3 Å². The van der Waals surface area contributed by atoms with E-state index in [9.17, 15) is 9.59 Å². The Labute approximate surface area is 149 Å². The zero-order valence-electron chi connectivity index (χ0n) is 14.0. The summed E-state index contributed by atoms with van der Waals surface area (Å²) in [6.45, 7) is 3.48. The standard InChI is InChI=1S/C18H25N3O2.ClH/c1-12-8-13(10-19)11-21(12)17(22)7-6-15-9-14-4-2-3-5-16(14)20-18(15)23;/h2-5,12-13,15H,6-11,19H2,1H3,(H,20,23);1H. The predicted molar refractivity (Wildman–Crippen MR) is 97.1 cm³/mol. The molecule has 3 rings (SSSR count). The Balaban J connectivity index is 0.00000208. The molecule has 0 radical (unpaired) electrons. The fourth-order valence-corrected chi connectivity index (χ4v) is 3.75. The maximum Gasteiger partial charge on any atom is 0.227 e. The van der Waals surface area contributed by atoms with E-state index in [0.717, 1.165) is 30.6 Å². The van der Waals surface area contributed by atoms with Crippen molar-refractivity contribution in [1.29, 1.82) is 0 Å². The number of carbonyl (C=O) groups excluding carboxylic acids is 2. The summed E-state index contributed by atoms with van der Waals surface area (Å²) in [4.78, 5) is 26.6. The number of nitrogens with zero attached hydrogens (tertiary/aromatic N) is 1. The van der Waals surface area contributed by atoms with Gasteiger partial charge in [-0.25, -0.2) is 0 Å². The first-order valence-corrected chi connectivity index (χ1v) is 8.46. The van der Waals surface area contributed by atoms with E-state index in [1.54, 1.807) is 0 Å². The molecule has 0 spiro atoms. The molecular formula is C18H26ClN3O2. The molecule has 0 saturated carbocycles. The van der Waals surface area contributed by atoms with Gasteiger partial charge in [0, 0.05) is 30.6 Å². The van der Waals surface area contributed by atoms with E-state index in [1.807, 2.05) is 29.2 Å². The Morgan fingerprint density at radius 1 is 1.38 bits per heavy atom. The van der Waals surface area contributed by atoms with Crippen LogP contribution >= 0.6 is 12.4 Å². The van der Waals surface area contributed by atoms with Crippen LogP contribution in [-0.2, 0) is 16.0 Å². The van der Waals surface area contributed by atoms with Crippen LogP contribution in [0.25, 0.3) is 0 Å². The van der Waals surface area contributed by atoms with Gasteiger partial charge < -0.3 is 16.0 Å². The lowest BCUT2D eigenvalue weighted by atomic mass is 9.89. The van der Waals surface area contributed by atoms with Crippen molar-refractivity contribution in [2.45, 2.75) is 38.6 Å². The van der Waals surface area contributed by atoms with E-state index >= 15 is 0 Å². The second kappa shape index (κ2) is 7.99. The van der Waals surface area contributed by atoms with Gasteiger partial charge in [0.2, 0.25) is 11.8 Å². The Hall–Kier alpha value is -1.59. The lowest BCUT2D eigenvalue weighted by Gasteiger charge is -2.26. The first-order chi connectivity index (χ1) is 11.1. The van der Waals surface area contributed by atoms with E-state index in [-0.39, 0.29) is 36.2 Å². The van der Waals surface area contributed by atoms with E-state index < -0.39 is 0 Å². The van der Waals surface area contributed by atoms with Gasteiger partial charge in [-0.3, -0.25) is 9.59 Å². The van der Waals surface area contributed by atoms with Crippen LogP contribution in [0.1, 0.15) is 31.7 Å². The second-order valence-corrected chi connectivity index (χ2v) is 6.82. The zero-order valence-corrected chi connectivity index (χ0v) is 14.8. The van der Waals surface area contributed by atoms with Gasteiger partial charge in [0.1, 0.15) is 0 Å². The smallest absolute Gasteiger partial charge is 0.227 e. The molecule has 3 atom stereocenters. The second-order valence-electron chi connectivity index (χ2n) is 6.82. The molecule has 2 amide bonds. The largest absolute Gasteiger partial charge is 0.340 e. The number of para-hydroxylation sites is 1. The highest BCUT2D eigenvalue weighted by atomic mass is 35.5. The van der Waals surface area contributed by atoms with Crippen molar-refractivity contribution in [3.8, 4) is 0 Å². The van der Waals surface area contributed by atoms with Crippen LogP contribution in [0.3, 0.4) is 0 Å². The van der Waals surface area contributed by atoms with Gasteiger partial charge >= 0.3 is 0 Å². The maximum atomic E-state index is 12.5. The van der Waals surface area contributed by atoms with Gasteiger partial charge in [-0.15, -0.1) is 12.4 Å². The minimum Gasteiger partial charge on any atom is -0.340 e. The van der Waals surface area contributed by atoms with E-state index in [4.69, 9.17) is 5.73 Å². The number of rotatable bonds is 4. The van der Waals surface area contributed by atoms with Gasteiger partial charge in [0.15, 0.2) is 0 Å². The third-order valence-corrected chi connectivity index (χ3v) is 5.13. The molecule has 0 aliphatic carbocycles. The number of fused-ring (bicyclic) bond motifs is 1. The van der Waals surface area contributed by atoms with Gasteiger partial charge in [0.05, 0.1) is 0 Å². The Kier molecular flexibility index (Phi) is 6.24. The highest BCUT2D eigenvalue weighted by molar-refractivity contribution is 5.96. The predicted octanol–water partition coefficient (Wildman–Crippen LogP) is 2.20. The third-order valence-electron chi connectivity index (χ3n) is 5.13. The SMILES string of the molecule is CC1CC(CN)CN1C(=O)CCC1Cc2ccccc2NC1=O.Cl. The highest BCUT2D eigenvalue weighted by Crippen LogP contribution is 2.29. The minimum atomic E-state index is -0.114. The first kappa shape index (κ1) is 18.7. The quantitative estimate of drug-likeness (QED) is 0.873. The lowest BCUT2D eigenvalue weighted by Crippen LogP contribution is -2.36. The normalized spacial score (nSPS) is 25.7. The summed E-state index contributed by atoms with van der Waals surface area (Å²) in [5.74, 6) is 0.488. The zero-order chi connectivity index (χ0) is 16.4. The van der Waals surface area contributed by atoms with Crippen molar-refractivity contribution in [2.75, 3.05) is 18.4 Å². The molecule has 2 aliphatic rings. The molecule has 2 aliphatic heterocycles. The van der Waals surface area contributed by atoms with Crippen molar-refractivity contribution in [2.24, 2.45) is 17.6 Å². The van der Waals surface area contributed by atoms with Crippen LogP contribution in [0.4, 0.5) is 5.69 Å². The lowest BCUT2D eigenvalue weighted by molar-refractivity contribution is -0.132. The van der Waals surface area contributed by atoms with Crippen LogP contribution in [0.15, 0.2) is 24.3 Å². The van der Waals surface area contributed by atoms with Crippen molar-refractivity contribution >= 4 is 29.9 Å². The van der Waals surface area contributed by atoms with E-state index in [1.165, 1.54) is 0 Å². The molecule has 0 bridgehead atoms. The van der Waals surface area contributed by atoms with Crippen LogP contribution in [0.2, 0.25) is 0 Å². The number of benzene rings is 1. The molecule has 3 unspecified atom stereocenters. The molecule has 6 heteroatoms. The maximum absolute atomic E-state index is 12.5. The summed E-state index contributed by atoms with van der Waals surface area (Å²) >= 11 is 0. The Morgan fingerprint density at radius 2 is 2.12 bits per heavy atom. The number of halogens is 1. The average molecular weight is 352 g/mol. The van der Waals surface area contributed by atoms with E-state index in [0.29, 0.717) is 25.3 Å². The number of nitrogens with one attached hydrogen (secondary N) is 1. The van der Waals surface area contributed by atoms with E-state index in [2.05, 4.69) is 12.2 Å². The number of anilines is 1. The van der Waals surface area contributed by atoms with Crippen molar-refractivity contribution in [3.05, 3.63) is 29.8 Å². The van der Waals surface area contributed by atoms with Gasteiger partial charge in [0.25, 0.3) is 0 Å². The summed E-state index contributed by atoms with van der Waals surface area (Å²) in [6, 6.07) is 8.13. The third kappa shape index (κ3) is 3.90. The van der Waals surface area contributed by atoms with Crippen LogP contribution in [0, 0.1) is 11.8 Å². The molecule has 3 N–H and O–H groups in total. The summed E-state index contributed by atoms with van der Waals surface area (Å²) in [6.07, 6.45) is 2.74. The molecule has 1 aromatic carbocycles. The monoisotopic (exact) mass is 351 g/mol. The molecule has 24 heavy (non-hydrogen) atoms. The molecule has 5 nitrogen and oxygen atoms in total. The molecular weight excluding hydrogens is 326 g/mol. The van der Waals surface area contributed by atoms with Gasteiger partial charge in [-0.1, -0.05) is 18.2 Å². The molecule has 1 fully saturated rings. The van der Waals surface area contributed by atoms with Crippen molar-refractivity contribution in [1.82, 2.24) is 4.90 Å². The number of nitrogens with two attached hydrogens (primary N) is 1. The Bertz CT molecular complexity index is 608. The van der Waals surface area contributed by atoms with Crippen LogP contribution in [0.5, 0.6) is 0 Å². The fraction of sp³-hybridized carbons (Fsp3) is 0.556. The fourth-order valence-electron chi connectivity index (χ4n) is 3.75. The molecule has 132 valence electrons. The summed E-state index contributed by atoms with van der Waals surface area (Å²) in [5.41, 5.74) is 7.78. The molecule has 1 aromatic rings. The number of hydrogen-bond acceptors (Lipinski definition) is 3. The van der Waals surface area contributed by atoms with Gasteiger partial charge in [-0.2, -0.15) is 0 Å². The number of amides is 2. The Morgan fingerprint density at radius 3 is 2.83 bits per heavy atom. The van der Waals surface area contributed by atoms with Crippen LogP contribution < -0.4 is 11.1 Å². The topological polar surface area (TPSA) is 75.4 Å². The average Bonchev–Trinajstić information content (AvgIpc) is 2.93. The summed E-state index contributed by atoms with van der Waals surface area (Å²) in [5, 5.41) is 2.95.